The van der Waals surface area contributed by atoms with E-state index in [2.05, 4.69) is 34.3 Å². The number of ether oxygens (including phenoxy) is 2. The maximum absolute atomic E-state index is 11.6. The number of rotatable bonds is 6. The predicted molar refractivity (Wildman–Crippen MR) is 88.0 cm³/mol. The van der Waals surface area contributed by atoms with Crippen molar-refractivity contribution in [2.24, 2.45) is 0 Å². The maximum Gasteiger partial charge on any atom is 0.359 e. The lowest BCUT2D eigenvalue weighted by molar-refractivity contribution is 0.0594. The van der Waals surface area contributed by atoms with Crippen LogP contribution in [-0.2, 0) is 16.2 Å². The highest BCUT2D eigenvalue weighted by Crippen LogP contribution is 2.19. The van der Waals surface area contributed by atoms with Crippen LogP contribution in [0.4, 0.5) is 0 Å². The van der Waals surface area contributed by atoms with Gasteiger partial charge in [-0.1, -0.05) is 31.2 Å². The van der Waals surface area contributed by atoms with Crippen molar-refractivity contribution in [3.05, 3.63) is 23.1 Å². The van der Waals surface area contributed by atoms with Gasteiger partial charge in [0.2, 0.25) is 0 Å². The molecule has 0 radical (unpaired) electrons. The Labute approximate surface area is 135 Å². The summed E-state index contributed by atoms with van der Waals surface area (Å²) in [4.78, 5) is 20.0. The molecule has 0 saturated carbocycles. The van der Waals surface area contributed by atoms with Gasteiger partial charge >= 0.3 is 5.97 Å². The minimum atomic E-state index is -1.10. The highest BCUT2D eigenvalue weighted by molar-refractivity contribution is 6.76. The smallest absolute Gasteiger partial charge is 0.359 e. The monoisotopic (exact) mass is 341 g/mol. The number of aromatic nitrogens is 3. The normalized spacial score (nSPS) is 11.9. The minimum absolute atomic E-state index is 0.0223. The van der Waals surface area contributed by atoms with E-state index in [1.54, 1.807) is 6.07 Å². The number of carbonyl (C=O) groups is 1. The van der Waals surface area contributed by atoms with Crippen LogP contribution in [-0.4, -0.2) is 42.3 Å². The fraction of sp³-hybridized carbons (Fsp3) is 0.500. The van der Waals surface area contributed by atoms with Gasteiger partial charge in [0.05, 0.1) is 7.11 Å². The van der Waals surface area contributed by atoms with Crippen LogP contribution in [0.3, 0.4) is 0 Å². The molecule has 0 fully saturated rings. The number of esters is 1. The van der Waals surface area contributed by atoms with Crippen molar-refractivity contribution in [1.29, 1.82) is 0 Å². The molecule has 0 atom stereocenters. The highest BCUT2D eigenvalue weighted by atomic mass is 35.5. The molecule has 2 heterocycles. The summed E-state index contributed by atoms with van der Waals surface area (Å²) >= 11 is 6.00. The third kappa shape index (κ3) is 4.06. The molecule has 0 saturated heterocycles. The third-order valence-electron chi connectivity index (χ3n) is 3.15. The molecule has 0 unspecified atom stereocenters. The van der Waals surface area contributed by atoms with Crippen molar-refractivity contribution >= 4 is 36.8 Å². The van der Waals surface area contributed by atoms with E-state index in [0.29, 0.717) is 17.9 Å². The number of hydrogen-bond acceptors (Lipinski definition) is 5. The zero-order valence-corrected chi connectivity index (χ0v) is 15.0. The van der Waals surface area contributed by atoms with Crippen LogP contribution in [0.5, 0.6) is 0 Å². The average Bonchev–Trinajstić information content (AvgIpc) is 2.83. The van der Waals surface area contributed by atoms with E-state index >= 15 is 0 Å². The van der Waals surface area contributed by atoms with Crippen LogP contribution >= 0.6 is 11.6 Å². The Balaban J connectivity index is 2.13. The van der Waals surface area contributed by atoms with Crippen molar-refractivity contribution in [2.45, 2.75) is 32.4 Å². The van der Waals surface area contributed by atoms with Gasteiger partial charge in [-0.05, 0) is 12.1 Å². The van der Waals surface area contributed by atoms with Crippen molar-refractivity contribution in [1.82, 2.24) is 14.5 Å². The Morgan fingerprint density at radius 2 is 2.09 bits per heavy atom. The van der Waals surface area contributed by atoms with E-state index < -0.39 is 14.0 Å². The molecule has 0 N–H and O–H groups in total. The van der Waals surface area contributed by atoms with Crippen LogP contribution in [0, 0.1) is 0 Å². The quantitative estimate of drug-likeness (QED) is 0.458. The van der Waals surface area contributed by atoms with Crippen molar-refractivity contribution in [3.63, 3.8) is 0 Å². The van der Waals surface area contributed by atoms with Crippen LogP contribution in [0.15, 0.2) is 12.3 Å². The van der Waals surface area contributed by atoms with E-state index in [-0.39, 0.29) is 10.8 Å². The van der Waals surface area contributed by atoms with Crippen molar-refractivity contribution in [2.75, 3.05) is 13.7 Å². The molecule has 2 rings (SSSR count). The van der Waals surface area contributed by atoms with Gasteiger partial charge in [0, 0.05) is 20.9 Å². The number of methoxy groups -OCH3 is 1. The van der Waals surface area contributed by atoms with Crippen LogP contribution in [0.2, 0.25) is 30.8 Å². The summed E-state index contributed by atoms with van der Waals surface area (Å²) in [5.41, 5.74) is 1.19. The van der Waals surface area contributed by atoms with Gasteiger partial charge in [-0.3, -0.25) is 0 Å². The van der Waals surface area contributed by atoms with E-state index in [1.807, 2.05) is 10.8 Å². The Bertz CT molecular complexity index is 682. The zero-order valence-electron chi connectivity index (χ0n) is 13.2. The fourth-order valence-electron chi connectivity index (χ4n) is 1.85. The fourth-order valence-corrected chi connectivity index (χ4v) is 2.80. The molecule has 0 bridgehead atoms. The Morgan fingerprint density at radius 3 is 2.73 bits per heavy atom. The Kier molecular flexibility index (Phi) is 5.20. The lowest BCUT2D eigenvalue weighted by Crippen LogP contribution is -2.22. The molecule has 0 amide bonds. The summed E-state index contributed by atoms with van der Waals surface area (Å²) < 4.78 is 12.1. The van der Waals surface area contributed by atoms with Gasteiger partial charge in [0.15, 0.2) is 16.5 Å². The molecule has 0 aliphatic heterocycles. The van der Waals surface area contributed by atoms with Crippen molar-refractivity contribution in [3.8, 4) is 0 Å². The first kappa shape index (κ1) is 16.9. The molecule has 8 heteroatoms. The lowest BCUT2D eigenvalue weighted by atomic mass is 10.4. The molecule has 2 aromatic rings. The Morgan fingerprint density at radius 1 is 1.36 bits per heavy atom. The summed E-state index contributed by atoms with van der Waals surface area (Å²) in [6.07, 6.45) is 1.82. The maximum atomic E-state index is 11.6. The first-order valence-corrected chi connectivity index (χ1v) is 11.1. The first-order chi connectivity index (χ1) is 10.3. The largest absolute Gasteiger partial charge is 0.464 e. The third-order valence-corrected chi connectivity index (χ3v) is 5.12. The summed E-state index contributed by atoms with van der Waals surface area (Å²) in [6, 6.07) is 2.87. The van der Waals surface area contributed by atoms with E-state index in [9.17, 15) is 4.79 Å². The molecule has 0 spiro atoms. The average molecular weight is 342 g/mol. The van der Waals surface area contributed by atoms with Gasteiger partial charge in [0.1, 0.15) is 12.2 Å². The lowest BCUT2D eigenvalue weighted by Gasteiger charge is -2.15. The summed E-state index contributed by atoms with van der Waals surface area (Å²) in [5, 5.41) is 0.0291. The van der Waals surface area contributed by atoms with Crippen molar-refractivity contribution < 1.29 is 14.3 Å². The standard InChI is InChI=1S/C14H20ClN3O3Si/c1-20-14(19)11-12(15)17-13-10(16-11)5-6-18(13)9-21-7-8-22(2,3)4/h5-6H,7-9H2,1-4H3. The summed E-state index contributed by atoms with van der Waals surface area (Å²) in [5.74, 6) is -0.599. The Hall–Kier alpha value is -1.44. The van der Waals surface area contributed by atoms with Crippen LogP contribution < -0.4 is 0 Å². The van der Waals surface area contributed by atoms with E-state index in [4.69, 9.17) is 16.3 Å². The summed E-state index contributed by atoms with van der Waals surface area (Å²) in [6.45, 7) is 8.02. The molecular formula is C14H20ClN3O3Si. The minimum Gasteiger partial charge on any atom is -0.464 e. The molecule has 120 valence electrons. The van der Waals surface area contributed by atoms with E-state index in [0.717, 1.165) is 12.7 Å². The second-order valence-electron chi connectivity index (χ2n) is 6.20. The van der Waals surface area contributed by atoms with Gasteiger partial charge in [-0.15, -0.1) is 0 Å². The SMILES string of the molecule is COC(=O)c1nc2ccn(COCC[Si](C)(C)C)c2nc1Cl. The predicted octanol–water partition coefficient (Wildman–Crippen LogP) is 3.18. The van der Waals surface area contributed by atoms with Gasteiger partial charge in [-0.2, -0.15) is 0 Å². The number of hydrogen-bond donors (Lipinski definition) is 0. The van der Waals surface area contributed by atoms with Gasteiger partial charge in [0.25, 0.3) is 0 Å². The number of nitrogens with zero attached hydrogens (tertiary/aromatic N) is 3. The molecule has 0 aliphatic rings. The van der Waals surface area contributed by atoms with Gasteiger partial charge < -0.3 is 14.0 Å². The van der Waals surface area contributed by atoms with Crippen LogP contribution in [0.25, 0.3) is 11.2 Å². The molecule has 0 aliphatic carbocycles. The number of carbonyl (C=O) groups excluding carboxylic acids is 1. The summed E-state index contributed by atoms with van der Waals surface area (Å²) in [7, 11) is 0.179. The second-order valence-corrected chi connectivity index (χ2v) is 12.2. The molecule has 0 aromatic carbocycles. The van der Waals surface area contributed by atoms with E-state index in [1.165, 1.54) is 7.11 Å². The highest BCUT2D eigenvalue weighted by Gasteiger charge is 2.17. The molecular weight excluding hydrogens is 322 g/mol. The molecule has 22 heavy (non-hydrogen) atoms. The number of fused-ring (bicyclic) bond motifs is 1. The number of halogens is 1. The van der Waals surface area contributed by atoms with Gasteiger partial charge in [-0.25, -0.2) is 14.8 Å². The first-order valence-electron chi connectivity index (χ1n) is 7.00. The second kappa shape index (κ2) is 6.76. The molecule has 6 nitrogen and oxygen atoms in total. The molecule has 2 aromatic heterocycles. The zero-order chi connectivity index (χ0) is 16.3. The topological polar surface area (TPSA) is 66.2 Å². The van der Waals surface area contributed by atoms with Crippen LogP contribution in [0.1, 0.15) is 10.5 Å².